The standard InChI is InChI=1S/C30H31N7O5.C30H33N7O5.C29H30N6O6/c1-16-32-23-6-4-17(10-25(23)41-16)21-12-31-27-26(21)29(42-20-8-9-40-15-20)36-30(35-27)34-22-7-5-18(11-24(22)39-3)28(38)33-19-13-37(2)14-19;1-31-27(38)18-6-4-17(5-7-18)22-13-32-26-25(22)29(42-21-10-11-41-16-21)36-30(35-26)34-23-9-8-19(12-24(23)40-3)28(39)33-20-14-37(2)15-20;1-30-26(36)17-5-3-16(4-6-17)21-12-31-25-24(21)28(41-20-9-10-39-15-20)35-29(34-25)33-22-8-7-18(11-23(22)38-2)27(37)32-19-13-40-14-19/h4-7,10-12,19-20H,8-9,13-15H2,1-3H3,(H,33,38)(H2,31,34,35,36);4-9,12-13,20-21H,10-11,14-16H2,1-3H3,(H,31,38)(H,33,39)(H2,32,34,35,36);3-8,11-12,19-20H,9-10,13-15H2,1-2H3,(H,30,36)(H,32,37)(H2,31,33,34,35)/t20-;21-;20-/m000/s1. The minimum atomic E-state index is -0.197. The Labute approximate surface area is 716 Å². The summed E-state index contributed by atoms with van der Waals surface area (Å²) in [5.41, 5.74) is 12.9. The second kappa shape index (κ2) is 37.0. The predicted octanol–water partition coefficient (Wildman–Crippen LogP) is 10.0. The summed E-state index contributed by atoms with van der Waals surface area (Å²) in [6, 6.07) is 36.4. The van der Waals surface area contributed by atoms with Crippen molar-refractivity contribution in [1.82, 2.24) is 86.2 Å². The van der Waals surface area contributed by atoms with E-state index in [-0.39, 0.29) is 71.9 Å². The number of ether oxygens (including phenoxy) is 10. The lowest BCUT2D eigenvalue weighted by Crippen LogP contribution is -2.57. The fourth-order valence-corrected chi connectivity index (χ4v) is 15.4. The molecule has 0 spiro atoms. The molecule has 36 nitrogen and oxygen atoms in total. The number of nitrogens with one attached hydrogen (secondary N) is 11. The topological polar surface area (TPSA) is 431 Å². The van der Waals surface area contributed by atoms with E-state index in [1.54, 1.807) is 107 Å². The zero-order valence-corrected chi connectivity index (χ0v) is 69.9. The van der Waals surface area contributed by atoms with Gasteiger partial charge in [-0.1, -0.05) is 30.3 Å². The highest BCUT2D eigenvalue weighted by atomic mass is 16.6. The van der Waals surface area contributed by atoms with E-state index in [1.807, 2.05) is 82.1 Å². The Morgan fingerprint density at radius 3 is 1.08 bits per heavy atom. The summed E-state index contributed by atoms with van der Waals surface area (Å²) in [7, 11) is 11.9. The fraction of sp³-hybridized carbons (Fsp3) is 0.326. The highest BCUT2D eigenvalue weighted by molar-refractivity contribution is 6.03. The molecule has 6 aliphatic heterocycles. The van der Waals surface area contributed by atoms with Gasteiger partial charge in [-0.05, 0) is 122 Å². The molecule has 0 aliphatic carbocycles. The van der Waals surface area contributed by atoms with E-state index in [9.17, 15) is 24.0 Å². The van der Waals surface area contributed by atoms with Crippen molar-refractivity contribution < 1.29 is 75.8 Å². The van der Waals surface area contributed by atoms with Gasteiger partial charge in [0, 0.05) is 130 Å². The number of fused-ring (bicyclic) bond motifs is 4. The maximum Gasteiger partial charge on any atom is 0.251 e. The quantitative estimate of drug-likeness (QED) is 0.0240. The molecular weight excluding hydrogens is 1610 g/mol. The van der Waals surface area contributed by atoms with Crippen LogP contribution in [0.2, 0.25) is 0 Å². The number of aryl methyl sites for hydroxylation is 1. The number of hydrogen-bond donors (Lipinski definition) is 11. The monoisotopic (exact) mass is 1700 g/mol. The molecule has 36 heteroatoms. The summed E-state index contributed by atoms with van der Waals surface area (Å²) < 4.78 is 63.4. The molecular formula is C89H94N20O16. The number of rotatable bonds is 26. The van der Waals surface area contributed by atoms with Gasteiger partial charge in [0.25, 0.3) is 29.5 Å². The first-order valence-corrected chi connectivity index (χ1v) is 41.0. The third-order valence-corrected chi connectivity index (χ3v) is 22.1. The number of hydrogen-bond acceptors (Lipinski definition) is 28. The summed E-state index contributed by atoms with van der Waals surface area (Å²) in [6.07, 6.45) is 7.44. The van der Waals surface area contributed by atoms with Crippen molar-refractivity contribution in [3.63, 3.8) is 0 Å². The first kappa shape index (κ1) is 83.2. The van der Waals surface area contributed by atoms with Gasteiger partial charge < -0.3 is 119 Å². The summed E-state index contributed by atoms with van der Waals surface area (Å²) in [4.78, 5) is 109. The van der Waals surface area contributed by atoms with Gasteiger partial charge in [0.2, 0.25) is 35.5 Å². The molecule has 13 aromatic rings. The minimum absolute atomic E-state index is 0.0228. The number of amides is 5. The number of methoxy groups -OCH3 is 3. The molecule has 0 saturated carbocycles. The van der Waals surface area contributed by atoms with Gasteiger partial charge in [-0.3, -0.25) is 24.0 Å². The number of nitrogens with zero attached hydrogens (tertiary/aromatic N) is 9. The molecule has 13 heterocycles. The smallest absolute Gasteiger partial charge is 0.251 e. The van der Waals surface area contributed by atoms with Gasteiger partial charge in [0.05, 0.1) is 126 Å². The van der Waals surface area contributed by atoms with Crippen LogP contribution in [-0.4, -0.2) is 254 Å². The molecule has 125 heavy (non-hydrogen) atoms. The van der Waals surface area contributed by atoms with Crippen molar-refractivity contribution in [2.75, 3.05) is 145 Å². The Morgan fingerprint density at radius 2 is 0.752 bits per heavy atom. The van der Waals surface area contributed by atoms with Gasteiger partial charge in [-0.2, -0.15) is 29.9 Å². The number of oxazole rings is 1. The van der Waals surface area contributed by atoms with Crippen molar-refractivity contribution in [3.8, 4) is 68.3 Å². The number of likely N-dealkylation sites (N-methyl/N-ethyl adjacent to an activating group) is 2. The molecule has 6 aliphatic rings. The number of H-pyrrole nitrogens is 3. The number of aromatic amines is 3. The van der Waals surface area contributed by atoms with Crippen LogP contribution in [0.5, 0.6) is 34.9 Å². The normalized spacial score (nSPS) is 17.1. The van der Waals surface area contributed by atoms with E-state index < -0.39 is 0 Å². The zero-order valence-electron chi connectivity index (χ0n) is 69.9. The first-order chi connectivity index (χ1) is 60.9. The summed E-state index contributed by atoms with van der Waals surface area (Å²) in [5.74, 6) is 3.40. The molecule has 0 bridgehead atoms. The highest BCUT2D eigenvalue weighted by Gasteiger charge is 2.32. The maximum absolute atomic E-state index is 12.8. The van der Waals surface area contributed by atoms with Gasteiger partial charge in [-0.25, -0.2) is 4.98 Å². The van der Waals surface area contributed by atoms with Crippen LogP contribution in [0.25, 0.3) is 77.6 Å². The predicted molar refractivity (Wildman–Crippen MR) is 465 cm³/mol. The number of carbonyl (C=O) groups excluding carboxylic acids is 5. The zero-order chi connectivity index (χ0) is 86.4. The van der Waals surface area contributed by atoms with Gasteiger partial charge in [0.1, 0.15) is 58.0 Å². The van der Waals surface area contributed by atoms with Crippen LogP contribution in [0.3, 0.4) is 0 Å². The van der Waals surface area contributed by atoms with Crippen molar-refractivity contribution >= 4 is 109 Å². The van der Waals surface area contributed by atoms with E-state index in [0.29, 0.717) is 178 Å². The Morgan fingerprint density at radius 1 is 0.400 bits per heavy atom. The summed E-state index contributed by atoms with van der Waals surface area (Å²) >= 11 is 0. The molecule has 0 unspecified atom stereocenters. The van der Waals surface area contributed by atoms with Crippen molar-refractivity contribution in [1.29, 1.82) is 0 Å². The van der Waals surface area contributed by atoms with Gasteiger partial charge in [0.15, 0.2) is 11.5 Å². The van der Waals surface area contributed by atoms with E-state index in [1.165, 1.54) is 7.11 Å². The number of anilines is 6. The molecule has 7 aromatic heterocycles. The second-order valence-electron chi connectivity index (χ2n) is 31.0. The second-order valence-corrected chi connectivity index (χ2v) is 31.0. The SMILES string of the molecule is CNC(=O)c1ccc(-c2c[nH]c3nc(Nc4ccc(C(=O)NC5CN(C)C5)cc4OC)nc(O[C@H]4CCOC4)c23)cc1.CNC(=O)c1ccc(-c2c[nH]c3nc(Nc4ccc(C(=O)NC5COC5)cc4OC)nc(O[C@H]4CCOC4)c23)cc1.COc1cc(C(=O)NC2CN(C)C2)ccc1Nc1nc(O[C@H]2CCOC2)c2c(-c3ccc4nc(C)oc4c3)c[nH]c2n1. The Balaban J connectivity index is 0.000000133. The maximum atomic E-state index is 12.8. The van der Waals surface area contributed by atoms with E-state index in [4.69, 9.17) is 81.7 Å². The van der Waals surface area contributed by atoms with Crippen LogP contribution < -0.4 is 71.0 Å². The summed E-state index contributed by atoms with van der Waals surface area (Å²) in [6.45, 7) is 9.54. The molecule has 6 saturated heterocycles. The van der Waals surface area contributed by atoms with Crippen LogP contribution in [0.15, 0.2) is 144 Å². The number of carbonyl (C=O) groups is 5. The van der Waals surface area contributed by atoms with Gasteiger partial charge in [-0.15, -0.1) is 0 Å². The van der Waals surface area contributed by atoms with Crippen molar-refractivity contribution in [2.24, 2.45) is 0 Å². The molecule has 3 atom stereocenters. The minimum Gasteiger partial charge on any atom is -0.495 e. The van der Waals surface area contributed by atoms with Crippen LogP contribution in [-0.2, 0) is 18.9 Å². The lowest BCUT2D eigenvalue weighted by molar-refractivity contribution is -0.00346. The van der Waals surface area contributed by atoms with Crippen molar-refractivity contribution in [2.45, 2.75) is 62.6 Å². The van der Waals surface area contributed by atoms with Gasteiger partial charge >= 0.3 is 0 Å². The lowest BCUT2D eigenvalue weighted by Gasteiger charge is -2.36. The molecule has 5 amide bonds. The van der Waals surface area contributed by atoms with Crippen LogP contribution in [0.1, 0.15) is 76.9 Å². The Kier molecular flexibility index (Phi) is 24.6. The third-order valence-electron chi connectivity index (χ3n) is 22.1. The van der Waals surface area contributed by atoms with E-state index in [2.05, 4.69) is 72.3 Å². The molecule has 19 rings (SSSR count). The molecule has 6 fully saturated rings. The lowest BCUT2D eigenvalue weighted by atomic mass is 10.0. The van der Waals surface area contributed by atoms with Crippen molar-refractivity contribution in [3.05, 3.63) is 174 Å². The number of aromatic nitrogens is 10. The first-order valence-electron chi connectivity index (χ1n) is 41.0. The van der Waals surface area contributed by atoms with E-state index >= 15 is 0 Å². The number of benzene rings is 6. The van der Waals surface area contributed by atoms with Crippen LogP contribution >= 0.6 is 0 Å². The fourth-order valence-electron chi connectivity index (χ4n) is 15.4. The van der Waals surface area contributed by atoms with Crippen LogP contribution in [0, 0.1) is 6.92 Å². The highest BCUT2D eigenvalue weighted by Crippen LogP contribution is 2.42. The number of likely N-dealkylation sites (tertiary alicyclic amines) is 2. The van der Waals surface area contributed by atoms with Crippen LogP contribution in [0.4, 0.5) is 34.9 Å². The average Bonchev–Trinajstić information content (AvgIpc) is 1.64. The molecule has 6 aromatic carbocycles. The third kappa shape index (κ3) is 18.7. The molecule has 11 N–H and O–H groups in total. The largest absolute Gasteiger partial charge is 0.495 e. The Bertz CT molecular complexity index is 6140. The van der Waals surface area contributed by atoms with E-state index in [0.717, 1.165) is 95.1 Å². The Hall–Kier alpha value is -14.0. The summed E-state index contributed by atoms with van der Waals surface area (Å²) in [5, 5.41) is 26.2. The molecule has 0 radical (unpaired) electrons. The average molecular weight is 1700 g/mol. The molecule has 646 valence electrons.